The quantitative estimate of drug-likeness (QED) is 0.340. The third kappa shape index (κ3) is 4.98. The van der Waals surface area contributed by atoms with Gasteiger partial charge in [-0.3, -0.25) is 18.9 Å². The maximum atomic E-state index is 13.4. The van der Waals surface area contributed by atoms with Gasteiger partial charge in [-0.2, -0.15) is 0 Å². The Kier molecular flexibility index (Phi) is 6.89. The van der Waals surface area contributed by atoms with Gasteiger partial charge in [0.05, 0.1) is 28.0 Å². The van der Waals surface area contributed by atoms with Gasteiger partial charge in [0.1, 0.15) is 15.8 Å². The second-order valence-corrected chi connectivity index (χ2v) is 11.9. The number of carbonyl (C=O) groups is 1. The first-order valence-corrected chi connectivity index (χ1v) is 13.5. The first-order chi connectivity index (χ1) is 15.7. The van der Waals surface area contributed by atoms with E-state index in [9.17, 15) is 18.0 Å². The molecule has 4 rings (SSSR count). The molecule has 1 amide bonds. The van der Waals surface area contributed by atoms with Crippen molar-refractivity contribution in [3.63, 3.8) is 0 Å². The molecule has 4 heterocycles. The molecule has 33 heavy (non-hydrogen) atoms. The van der Waals surface area contributed by atoms with Crippen LogP contribution in [0.3, 0.4) is 0 Å². The highest BCUT2D eigenvalue weighted by atomic mass is 32.2. The van der Waals surface area contributed by atoms with E-state index < -0.39 is 15.9 Å². The predicted octanol–water partition coefficient (Wildman–Crippen LogP) is 1.84. The number of fused-ring (bicyclic) bond motifs is 1. The van der Waals surface area contributed by atoms with Crippen LogP contribution in [0.1, 0.15) is 24.0 Å². The molecule has 0 saturated carbocycles. The Morgan fingerprint density at radius 1 is 1.36 bits per heavy atom. The molecule has 9 nitrogen and oxygen atoms in total. The van der Waals surface area contributed by atoms with E-state index in [1.807, 2.05) is 13.0 Å². The Balaban J connectivity index is 1.73. The monoisotopic (exact) mass is 508 g/mol. The van der Waals surface area contributed by atoms with Gasteiger partial charge in [0, 0.05) is 26.5 Å². The number of nitrogens with zero attached hydrogens (tertiary/aromatic N) is 3. The summed E-state index contributed by atoms with van der Waals surface area (Å²) in [6, 6.07) is 3.16. The minimum absolute atomic E-state index is 0.0403. The Bertz CT molecular complexity index is 1320. The van der Waals surface area contributed by atoms with E-state index in [0.29, 0.717) is 41.8 Å². The molecule has 0 aliphatic carbocycles. The number of pyridine rings is 1. The summed E-state index contributed by atoms with van der Waals surface area (Å²) in [5.74, 6) is -0.0725. The van der Waals surface area contributed by atoms with Crippen molar-refractivity contribution in [1.82, 2.24) is 14.3 Å². The van der Waals surface area contributed by atoms with Gasteiger partial charge in [-0.25, -0.2) is 13.4 Å². The Morgan fingerprint density at radius 2 is 2.15 bits per heavy atom. The lowest BCUT2D eigenvalue weighted by Gasteiger charge is -2.20. The van der Waals surface area contributed by atoms with Crippen molar-refractivity contribution in [3.8, 4) is 0 Å². The molecule has 2 aromatic rings. The number of ether oxygens (including phenoxy) is 1. The Labute approximate surface area is 201 Å². The van der Waals surface area contributed by atoms with Gasteiger partial charge in [0.15, 0.2) is 9.84 Å². The van der Waals surface area contributed by atoms with Gasteiger partial charge in [0.2, 0.25) is 0 Å². The summed E-state index contributed by atoms with van der Waals surface area (Å²) in [5.41, 5.74) is 1.31. The van der Waals surface area contributed by atoms with E-state index in [2.05, 4.69) is 10.3 Å². The molecule has 0 bridgehead atoms. The first-order valence-electron chi connectivity index (χ1n) is 10.4. The fraction of sp³-hybridized carbons (Fsp3) is 0.429. The molecule has 12 heteroatoms. The third-order valence-corrected chi connectivity index (χ3v) is 8.58. The lowest BCUT2D eigenvalue weighted by molar-refractivity contribution is -0.123. The van der Waals surface area contributed by atoms with Crippen LogP contribution in [0.5, 0.6) is 0 Å². The van der Waals surface area contributed by atoms with Crippen LogP contribution in [0, 0.1) is 6.92 Å². The number of aromatic nitrogens is 2. The fourth-order valence-corrected chi connectivity index (χ4v) is 6.93. The largest absolute Gasteiger partial charge is 0.385 e. The molecule has 2 aliphatic heterocycles. The average molecular weight is 509 g/mol. The van der Waals surface area contributed by atoms with Crippen LogP contribution in [0.25, 0.3) is 11.7 Å². The van der Waals surface area contributed by atoms with E-state index in [4.69, 9.17) is 17.0 Å². The number of hydrogen-bond donors (Lipinski definition) is 1. The minimum atomic E-state index is -3.18. The van der Waals surface area contributed by atoms with Gasteiger partial charge < -0.3 is 10.1 Å². The normalized spacial score (nSPS) is 21.5. The van der Waals surface area contributed by atoms with Gasteiger partial charge in [0.25, 0.3) is 11.5 Å². The molecule has 2 fully saturated rings. The number of thioether (sulfide) groups is 1. The van der Waals surface area contributed by atoms with Crippen LogP contribution >= 0.6 is 24.0 Å². The van der Waals surface area contributed by atoms with Crippen LogP contribution < -0.4 is 10.9 Å². The van der Waals surface area contributed by atoms with E-state index in [-0.39, 0.29) is 33.4 Å². The molecule has 0 spiro atoms. The summed E-state index contributed by atoms with van der Waals surface area (Å²) in [7, 11) is -1.56. The highest BCUT2D eigenvalue weighted by molar-refractivity contribution is 8.26. The molecular weight excluding hydrogens is 484 g/mol. The zero-order chi connectivity index (χ0) is 23.8. The Morgan fingerprint density at radius 3 is 2.85 bits per heavy atom. The van der Waals surface area contributed by atoms with Crippen molar-refractivity contribution < 1.29 is 17.9 Å². The van der Waals surface area contributed by atoms with Crippen molar-refractivity contribution in [3.05, 3.63) is 44.7 Å². The fourth-order valence-electron chi connectivity index (χ4n) is 3.85. The number of carbonyl (C=O) groups excluding carboxylic acids is 1. The number of amides is 1. The number of nitrogens with one attached hydrogen (secondary N) is 1. The highest BCUT2D eigenvalue weighted by Crippen LogP contribution is 2.36. The van der Waals surface area contributed by atoms with Crippen molar-refractivity contribution in [2.45, 2.75) is 25.8 Å². The predicted molar refractivity (Wildman–Crippen MR) is 133 cm³/mol. The molecule has 1 N–H and O–H groups in total. The lowest BCUT2D eigenvalue weighted by Crippen LogP contribution is -2.39. The van der Waals surface area contributed by atoms with E-state index >= 15 is 0 Å². The van der Waals surface area contributed by atoms with Crippen molar-refractivity contribution in [1.29, 1.82) is 0 Å². The summed E-state index contributed by atoms with van der Waals surface area (Å²) in [4.78, 5) is 32.7. The van der Waals surface area contributed by atoms with Gasteiger partial charge >= 0.3 is 0 Å². The molecule has 1 atom stereocenters. The molecule has 2 aromatic heterocycles. The SMILES string of the molecule is COCCCNc1nc2ccc(C)cn2c(=O)c1C=C1SC(=S)N(C2CCS(=O)(=O)C2)C1=O. The third-order valence-electron chi connectivity index (χ3n) is 5.50. The van der Waals surface area contributed by atoms with Crippen molar-refractivity contribution in [2.24, 2.45) is 0 Å². The van der Waals surface area contributed by atoms with Crippen LogP contribution in [0.2, 0.25) is 0 Å². The first kappa shape index (κ1) is 23.9. The number of hydrogen-bond acceptors (Lipinski definition) is 9. The summed E-state index contributed by atoms with van der Waals surface area (Å²) < 4.78 is 30.6. The summed E-state index contributed by atoms with van der Waals surface area (Å²) in [6.45, 7) is 2.96. The summed E-state index contributed by atoms with van der Waals surface area (Å²) in [6.07, 6.45) is 4.27. The second-order valence-electron chi connectivity index (χ2n) is 8.00. The van der Waals surface area contributed by atoms with Crippen LogP contribution in [0.15, 0.2) is 28.0 Å². The standard InChI is InChI=1S/C21H24N4O5S3/c1-13-4-5-17-23-18(22-7-3-8-30-2)15(19(26)24(17)11-13)10-16-20(27)25(21(31)32-16)14-6-9-33(28,29)12-14/h4-5,10-11,14,22H,3,6-9,12H2,1-2H3. The molecule has 176 valence electrons. The number of methoxy groups -OCH3 is 1. The molecule has 0 aromatic carbocycles. The smallest absolute Gasteiger partial charge is 0.267 e. The summed E-state index contributed by atoms with van der Waals surface area (Å²) in [5, 5.41) is 3.18. The zero-order valence-corrected chi connectivity index (χ0v) is 20.7. The van der Waals surface area contributed by atoms with Crippen LogP contribution in [0.4, 0.5) is 5.82 Å². The number of rotatable bonds is 7. The topological polar surface area (TPSA) is 110 Å². The van der Waals surface area contributed by atoms with E-state index in [1.54, 1.807) is 19.4 Å². The van der Waals surface area contributed by atoms with Gasteiger partial charge in [-0.15, -0.1) is 0 Å². The molecule has 1 unspecified atom stereocenters. The van der Waals surface area contributed by atoms with Crippen molar-refractivity contribution >= 4 is 61.6 Å². The molecular formula is C21H24N4O5S3. The van der Waals surface area contributed by atoms with E-state index in [1.165, 1.54) is 15.4 Å². The molecule has 2 aliphatic rings. The number of thiocarbonyl (C=S) groups is 1. The molecule has 0 radical (unpaired) electrons. The number of aryl methyl sites for hydroxylation is 1. The summed E-state index contributed by atoms with van der Waals surface area (Å²) >= 11 is 6.46. The zero-order valence-electron chi connectivity index (χ0n) is 18.2. The van der Waals surface area contributed by atoms with Gasteiger partial charge in [-0.1, -0.05) is 30.0 Å². The number of anilines is 1. The average Bonchev–Trinajstić information content (AvgIpc) is 3.25. The van der Waals surface area contributed by atoms with Gasteiger partial charge in [-0.05, 0) is 37.5 Å². The Hall–Kier alpha value is -2.28. The maximum absolute atomic E-state index is 13.4. The minimum Gasteiger partial charge on any atom is -0.385 e. The number of sulfone groups is 1. The highest BCUT2D eigenvalue weighted by Gasteiger charge is 2.42. The lowest BCUT2D eigenvalue weighted by atomic mass is 10.2. The van der Waals surface area contributed by atoms with Crippen LogP contribution in [-0.4, -0.2) is 70.7 Å². The second kappa shape index (κ2) is 9.53. The van der Waals surface area contributed by atoms with E-state index in [0.717, 1.165) is 17.3 Å². The van der Waals surface area contributed by atoms with Crippen LogP contribution in [-0.2, 0) is 19.4 Å². The maximum Gasteiger partial charge on any atom is 0.267 e. The molecule has 2 saturated heterocycles. The van der Waals surface area contributed by atoms with Crippen molar-refractivity contribution in [2.75, 3.05) is 37.1 Å².